The van der Waals surface area contributed by atoms with Crippen LogP contribution in [-0.2, 0) is 0 Å². The zero-order valence-electron chi connectivity index (χ0n) is 13.0. The molecule has 0 fully saturated rings. The third-order valence-electron chi connectivity index (χ3n) is 4.03. The van der Waals surface area contributed by atoms with Crippen LogP contribution < -0.4 is 10.1 Å². The Morgan fingerprint density at radius 3 is 2.68 bits per heavy atom. The van der Waals surface area contributed by atoms with E-state index in [1.807, 2.05) is 7.05 Å². The predicted octanol–water partition coefficient (Wildman–Crippen LogP) is 3.31. The Morgan fingerprint density at radius 2 is 1.95 bits per heavy atom. The molecule has 4 heteroatoms. The molecule has 0 saturated heterocycles. The van der Waals surface area contributed by atoms with E-state index in [1.54, 1.807) is 7.11 Å². The minimum absolute atomic E-state index is 0.359. The first-order valence-corrected chi connectivity index (χ1v) is 7.55. The largest absolute Gasteiger partial charge is 0.480 e. The Labute approximate surface area is 130 Å². The van der Waals surface area contributed by atoms with E-state index in [-0.39, 0.29) is 0 Å². The summed E-state index contributed by atoms with van der Waals surface area (Å²) in [6, 6.07) is 17.1. The fourth-order valence-corrected chi connectivity index (χ4v) is 2.88. The molecule has 3 aromatic rings. The second kappa shape index (κ2) is 6.62. The summed E-state index contributed by atoms with van der Waals surface area (Å²) in [7, 11) is 3.64. The van der Waals surface area contributed by atoms with Gasteiger partial charge in [0.1, 0.15) is 0 Å². The number of aromatic nitrogens is 2. The van der Waals surface area contributed by atoms with Crippen molar-refractivity contribution >= 4 is 10.9 Å². The topological polar surface area (TPSA) is 49.9 Å². The number of methoxy groups -OCH3 is 1. The van der Waals surface area contributed by atoms with E-state index in [0.29, 0.717) is 11.8 Å². The van der Waals surface area contributed by atoms with E-state index in [4.69, 9.17) is 4.74 Å². The average Bonchev–Trinajstić information content (AvgIpc) is 2.98. The monoisotopic (exact) mass is 295 g/mol. The van der Waals surface area contributed by atoms with Gasteiger partial charge in [-0.05, 0) is 43.3 Å². The number of ether oxygens (including phenoxy) is 1. The Bertz CT molecular complexity index is 736. The van der Waals surface area contributed by atoms with Gasteiger partial charge in [-0.25, -0.2) is 0 Å². The first-order valence-electron chi connectivity index (χ1n) is 7.55. The number of hydrogen-bond acceptors (Lipinski definition) is 3. The molecule has 0 amide bonds. The second-order valence-corrected chi connectivity index (χ2v) is 5.39. The fourth-order valence-electron chi connectivity index (χ4n) is 2.88. The summed E-state index contributed by atoms with van der Waals surface area (Å²) in [6.45, 7) is 0.972. The number of aromatic amines is 1. The highest BCUT2D eigenvalue weighted by Gasteiger charge is 2.16. The molecule has 0 aliphatic carbocycles. The number of nitrogens with zero attached hydrogens (tertiary/aromatic N) is 1. The zero-order valence-corrected chi connectivity index (χ0v) is 13.0. The Balaban J connectivity index is 2.03. The molecule has 1 unspecified atom stereocenters. The van der Waals surface area contributed by atoms with Crippen LogP contribution in [0.15, 0.2) is 48.5 Å². The lowest BCUT2D eigenvalue weighted by atomic mass is 9.88. The van der Waals surface area contributed by atoms with Crippen LogP contribution >= 0.6 is 0 Å². The molecule has 114 valence electrons. The number of fused-ring (bicyclic) bond motifs is 1. The standard InChI is InChI=1S/C18H21N3O/c1-19-11-10-15(13-6-4-3-5-7-13)14-8-9-17-16(12-14)18(22-2)21-20-17/h3-9,12,15,19H,10-11H2,1-2H3,(H,20,21). The van der Waals surface area contributed by atoms with E-state index in [9.17, 15) is 0 Å². The van der Waals surface area contributed by atoms with E-state index in [2.05, 4.69) is 64.0 Å². The van der Waals surface area contributed by atoms with Crippen molar-refractivity contribution in [2.24, 2.45) is 0 Å². The van der Waals surface area contributed by atoms with Crippen LogP contribution in [0.5, 0.6) is 5.88 Å². The molecule has 0 spiro atoms. The van der Waals surface area contributed by atoms with Gasteiger partial charge in [-0.3, -0.25) is 5.10 Å². The molecule has 2 aromatic carbocycles. The zero-order chi connectivity index (χ0) is 15.4. The van der Waals surface area contributed by atoms with E-state index in [1.165, 1.54) is 11.1 Å². The summed E-state index contributed by atoms with van der Waals surface area (Å²) in [5, 5.41) is 11.5. The Morgan fingerprint density at radius 1 is 1.14 bits per heavy atom. The van der Waals surface area contributed by atoms with Crippen molar-refractivity contribution in [3.63, 3.8) is 0 Å². The molecule has 0 saturated carbocycles. The molecule has 1 heterocycles. The average molecular weight is 295 g/mol. The summed E-state index contributed by atoms with van der Waals surface area (Å²) < 4.78 is 5.33. The van der Waals surface area contributed by atoms with Crippen molar-refractivity contribution in [2.75, 3.05) is 20.7 Å². The van der Waals surface area contributed by atoms with Gasteiger partial charge >= 0.3 is 0 Å². The van der Waals surface area contributed by atoms with Gasteiger partial charge in [0.2, 0.25) is 5.88 Å². The van der Waals surface area contributed by atoms with Crippen LogP contribution in [0.1, 0.15) is 23.5 Å². The van der Waals surface area contributed by atoms with Crippen LogP contribution in [0.25, 0.3) is 10.9 Å². The van der Waals surface area contributed by atoms with Crippen molar-refractivity contribution in [1.29, 1.82) is 0 Å². The molecule has 1 atom stereocenters. The van der Waals surface area contributed by atoms with E-state index >= 15 is 0 Å². The molecule has 3 rings (SSSR count). The van der Waals surface area contributed by atoms with Crippen molar-refractivity contribution in [3.8, 4) is 5.88 Å². The van der Waals surface area contributed by atoms with Gasteiger partial charge in [0.25, 0.3) is 0 Å². The van der Waals surface area contributed by atoms with E-state index in [0.717, 1.165) is 23.9 Å². The summed E-state index contributed by atoms with van der Waals surface area (Å²) >= 11 is 0. The fraction of sp³-hybridized carbons (Fsp3) is 0.278. The predicted molar refractivity (Wildman–Crippen MR) is 89.5 cm³/mol. The molecule has 1 aromatic heterocycles. The van der Waals surface area contributed by atoms with Crippen LogP contribution in [0.2, 0.25) is 0 Å². The Hall–Kier alpha value is -2.33. The van der Waals surface area contributed by atoms with Gasteiger partial charge in [0, 0.05) is 5.92 Å². The smallest absolute Gasteiger partial charge is 0.240 e. The number of nitrogens with one attached hydrogen (secondary N) is 2. The van der Waals surface area contributed by atoms with Crippen molar-refractivity contribution in [2.45, 2.75) is 12.3 Å². The molecule has 2 N–H and O–H groups in total. The van der Waals surface area contributed by atoms with Crippen molar-refractivity contribution < 1.29 is 4.74 Å². The van der Waals surface area contributed by atoms with Crippen LogP contribution in [-0.4, -0.2) is 30.9 Å². The highest BCUT2D eigenvalue weighted by Crippen LogP contribution is 2.32. The molecule has 0 bridgehead atoms. The van der Waals surface area contributed by atoms with Crippen molar-refractivity contribution in [3.05, 3.63) is 59.7 Å². The normalized spacial score (nSPS) is 12.5. The quantitative estimate of drug-likeness (QED) is 0.733. The van der Waals surface area contributed by atoms with Crippen LogP contribution in [0.3, 0.4) is 0 Å². The van der Waals surface area contributed by atoms with Gasteiger partial charge in [-0.2, -0.15) is 0 Å². The lowest BCUT2D eigenvalue weighted by Gasteiger charge is -2.18. The Kier molecular flexibility index (Phi) is 4.39. The van der Waals surface area contributed by atoms with Crippen LogP contribution in [0.4, 0.5) is 0 Å². The maximum Gasteiger partial charge on any atom is 0.240 e. The van der Waals surface area contributed by atoms with Gasteiger partial charge in [0.15, 0.2) is 0 Å². The highest BCUT2D eigenvalue weighted by molar-refractivity contribution is 5.84. The maximum absolute atomic E-state index is 5.33. The molecule has 22 heavy (non-hydrogen) atoms. The minimum Gasteiger partial charge on any atom is -0.480 e. The number of rotatable bonds is 6. The summed E-state index contributed by atoms with van der Waals surface area (Å²) in [4.78, 5) is 0. The van der Waals surface area contributed by atoms with Crippen LogP contribution in [0, 0.1) is 0 Å². The first-order chi connectivity index (χ1) is 10.8. The number of benzene rings is 2. The SMILES string of the molecule is CNCCC(c1ccccc1)c1ccc2[nH]nc(OC)c2c1. The molecular formula is C18H21N3O. The maximum atomic E-state index is 5.33. The van der Waals surface area contributed by atoms with Crippen molar-refractivity contribution in [1.82, 2.24) is 15.5 Å². The lowest BCUT2D eigenvalue weighted by molar-refractivity contribution is 0.401. The molecular weight excluding hydrogens is 274 g/mol. The summed E-state index contributed by atoms with van der Waals surface area (Å²) in [5.41, 5.74) is 3.62. The van der Waals surface area contributed by atoms with E-state index < -0.39 is 0 Å². The summed E-state index contributed by atoms with van der Waals surface area (Å²) in [5.74, 6) is 1.01. The van der Waals surface area contributed by atoms with Gasteiger partial charge < -0.3 is 10.1 Å². The molecule has 4 nitrogen and oxygen atoms in total. The first kappa shape index (κ1) is 14.6. The number of hydrogen-bond donors (Lipinski definition) is 2. The van der Waals surface area contributed by atoms with Gasteiger partial charge in [0.05, 0.1) is 18.0 Å². The lowest BCUT2D eigenvalue weighted by Crippen LogP contribution is -2.13. The third kappa shape index (κ3) is 2.83. The third-order valence-corrected chi connectivity index (χ3v) is 4.03. The molecule has 0 aliphatic rings. The van der Waals surface area contributed by atoms with Gasteiger partial charge in [-0.1, -0.05) is 36.4 Å². The highest BCUT2D eigenvalue weighted by atomic mass is 16.5. The van der Waals surface area contributed by atoms with Gasteiger partial charge in [-0.15, -0.1) is 5.10 Å². The summed E-state index contributed by atoms with van der Waals surface area (Å²) in [6.07, 6.45) is 1.05. The second-order valence-electron chi connectivity index (χ2n) is 5.39. The molecule has 0 radical (unpaired) electrons. The molecule has 0 aliphatic heterocycles. The minimum atomic E-state index is 0.359. The number of H-pyrrole nitrogens is 1.